The van der Waals surface area contributed by atoms with E-state index in [0.717, 1.165) is 0 Å². The van der Waals surface area contributed by atoms with Crippen LogP contribution in [0.1, 0.15) is 25.3 Å². The molecule has 0 aliphatic carbocycles. The summed E-state index contributed by atoms with van der Waals surface area (Å²) < 4.78 is 28.8. The highest BCUT2D eigenvalue weighted by Gasteiger charge is 2.07. The summed E-state index contributed by atoms with van der Waals surface area (Å²) in [5.74, 6) is -0.344. The number of carbonyl (C=O) groups is 1. The maximum Gasteiger partial charge on any atom is 0.387 e. The van der Waals surface area contributed by atoms with Crippen molar-refractivity contribution in [3.63, 3.8) is 0 Å². The molecule has 0 radical (unpaired) electrons. The van der Waals surface area contributed by atoms with Crippen molar-refractivity contribution in [3.8, 4) is 5.75 Å². The molecule has 0 saturated heterocycles. The number of halogens is 2. The molecule has 0 bridgehead atoms. The van der Waals surface area contributed by atoms with Gasteiger partial charge in [0.15, 0.2) is 0 Å². The first-order valence-corrected chi connectivity index (χ1v) is 6.70. The molecule has 116 valence electrons. The van der Waals surface area contributed by atoms with Crippen molar-refractivity contribution in [2.75, 3.05) is 6.54 Å². The highest BCUT2D eigenvalue weighted by atomic mass is 19.3. The Balaban J connectivity index is 2.54. The molecule has 0 aromatic heterocycles. The third-order valence-electron chi connectivity index (χ3n) is 2.80. The molecule has 0 fully saturated rings. The van der Waals surface area contributed by atoms with Crippen LogP contribution in [0.2, 0.25) is 0 Å². The number of carbonyl (C=O) groups excluding carboxylic acids is 1. The highest BCUT2D eigenvalue weighted by Crippen LogP contribution is 2.21. The topological polar surface area (TPSA) is 58.6 Å². The summed E-state index contributed by atoms with van der Waals surface area (Å²) >= 11 is 0. The van der Waals surface area contributed by atoms with Crippen LogP contribution in [0.4, 0.5) is 8.78 Å². The molecular weight excluding hydrogens is 280 g/mol. The van der Waals surface area contributed by atoms with Crippen molar-refractivity contribution in [1.82, 2.24) is 5.32 Å². The smallest absolute Gasteiger partial charge is 0.387 e. The Labute approximate surface area is 122 Å². The van der Waals surface area contributed by atoms with Crippen molar-refractivity contribution >= 4 is 12.0 Å². The summed E-state index contributed by atoms with van der Waals surface area (Å²) in [7, 11) is 0. The number of aliphatic hydroxyl groups excluding tert-OH is 1. The number of aliphatic hydroxyl groups is 1. The predicted octanol–water partition coefficient (Wildman–Crippen LogP) is 2.58. The number of nitrogens with one attached hydrogen (secondary N) is 1. The highest BCUT2D eigenvalue weighted by molar-refractivity contribution is 5.92. The van der Waals surface area contributed by atoms with E-state index in [0.29, 0.717) is 24.9 Å². The van der Waals surface area contributed by atoms with Crippen LogP contribution in [0.25, 0.3) is 6.08 Å². The van der Waals surface area contributed by atoms with Crippen molar-refractivity contribution in [2.24, 2.45) is 0 Å². The Kier molecular flexibility index (Phi) is 7.39. The first-order valence-electron chi connectivity index (χ1n) is 6.70. The first-order chi connectivity index (χ1) is 10.0. The number of para-hydroxylation sites is 1. The van der Waals surface area contributed by atoms with E-state index >= 15 is 0 Å². The zero-order valence-electron chi connectivity index (χ0n) is 11.8. The molecule has 0 spiro atoms. The molecule has 0 aliphatic rings. The number of amides is 1. The second kappa shape index (κ2) is 9.07. The molecule has 0 aliphatic heterocycles. The molecule has 0 saturated carbocycles. The van der Waals surface area contributed by atoms with Gasteiger partial charge in [0.1, 0.15) is 5.75 Å². The van der Waals surface area contributed by atoms with Crippen molar-refractivity contribution in [3.05, 3.63) is 35.9 Å². The Morgan fingerprint density at radius 2 is 2.14 bits per heavy atom. The summed E-state index contributed by atoms with van der Waals surface area (Å²) in [6.45, 7) is -0.705. The van der Waals surface area contributed by atoms with Crippen LogP contribution in [-0.4, -0.2) is 30.3 Å². The van der Waals surface area contributed by atoms with E-state index < -0.39 is 12.7 Å². The van der Waals surface area contributed by atoms with Crippen LogP contribution in [0.3, 0.4) is 0 Å². The van der Waals surface area contributed by atoms with Gasteiger partial charge in [-0.05, 0) is 25.0 Å². The van der Waals surface area contributed by atoms with Crippen LogP contribution in [-0.2, 0) is 4.79 Å². The van der Waals surface area contributed by atoms with E-state index in [4.69, 9.17) is 0 Å². The summed E-state index contributed by atoms with van der Waals surface area (Å²) in [4.78, 5) is 11.6. The monoisotopic (exact) mass is 299 g/mol. The minimum atomic E-state index is -2.91. The third-order valence-corrected chi connectivity index (χ3v) is 2.80. The van der Waals surface area contributed by atoms with Gasteiger partial charge in [-0.3, -0.25) is 4.79 Å². The van der Waals surface area contributed by atoms with Crippen LogP contribution < -0.4 is 10.1 Å². The van der Waals surface area contributed by atoms with Crippen LogP contribution in [0, 0.1) is 0 Å². The molecule has 1 aromatic carbocycles. The number of hydrogen-bond donors (Lipinski definition) is 2. The fourth-order valence-corrected chi connectivity index (χ4v) is 1.61. The summed E-state index contributed by atoms with van der Waals surface area (Å²) in [5, 5.41) is 11.9. The lowest BCUT2D eigenvalue weighted by Gasteiger charge is -2.08. The zero-order chi connectivity index (χ0) is 15.7. The van der Waals surface area contributed by atoms with Gasteiger partial charge >= 0.3 is 6.61 Å². The maximum absolute atomic E-state index is 12.2. The average Bonchev–Trinajstić information content (AvgIpc) is 2.45. The lowest BCUT2D eigenvalue weighted by Crippen LogP contribution is -2.25. The Morgan fingerprint density at radius 3 is 2.81 bits per heavy atom. The first kappa shape index (κ1) is 17.1. The number of benzene rings is 1. The summed E-state index contributed by atoms with van der Waals surface area (Å²) in [6, 6.07) is 6.21. The normalized spacial score (nSPS) is 12.6. The van der Waals surface area contributed by atoms with Gasteiger partial charge < -0.3 is 15.2 Å². The van der Waals surface area contributed by atoms with E-state index in [1.165, 1.54) is 18.2 Å². The van der Waals surface area contributed by atoms with E-state index in [9.17, 15) is 18.7 Å². The predicted molar refractivity (Wildman–Crippen MR) is 76.0 cm³/mol. The SMILES string of the molecule is CCC(O)CCNC(=O)/C=C/c1ccccc1OC(F)F. The van der Waals surface area contributed by atoms with Crippen molar-refractivity contribution < 1.29 is 23.4 Å². The molecule has 21 heavy (non-hydrogen) atoms. The van der Waals surface area contributed by atoms with Gasteiger partial charge in [0.2, 0.25) is 5.91 Å². The van der Waals surface area contributed by atoms with E-state index in [-0.39, 0.29) is 11.7 Å². The van der Waals surface area contributed by atoms with Crippen LogP contribution in [0.5, 0.6) is 5.75 Å². The number of alkyl halides is 2. The third kappa shape index (κ3) is 6.85. The van der Waals surface area contributed by atoms with Gasteiger partial charge in [0.05, 0.1) is 6.10 Å². The van der Waals surface area contributed by atoms with Crippen molar-refractivity contribution in [1.29, 1.82) is 0 Å². The number of ether oxygens (including phenoxy) is 1. The average molecular weight is 299 g/mol. The van der Waals surface area contributed by atoms with Gasteiger partial charge in [-0.1, -0.05) is 25.1 Å². The van der Waals surface area contributed by atoms with E-state index in [1.807, 2.05) is 6.92 Å². The molecule has 0 heterocycles. The molecule has 1 atom stereocenters. The fraction of sp³-hybridized carbons (Fsp3) is 0.400. The van der Waals surface area contributed by atoms with Crippen LogP contribution in [0.15, 0.2) is 30.3 Å². The zero-order valence-corrected chi connectivity index (χ0v) is 11.8. The summed E-state index contributed by atoms with van der Waals surface area (Å²) in [6.07, 6.45) is 3.31. The minimum Gasteiger partial charge on any atom is -0.434 e. The second-order valence-corrected chi connectivity index (χ2v) is 4.39. The Hall–Kier alpha value is -1.95. The number of rotatable bonds is 8. The molecular formula is C15H19F2NO3. The maximum atomic E-state index is 12.2. The standard InChI is InChI=1S/C15H19F2NO3/c1-2-12(19)9-10-18-14(20)8-7-11-5-3-4-6-13(11)21-15(16)17/h3-8,12,15,19H,2,9-10H2,1H3,(H,18,20)/b8-7+. The van der Waals surface area contributed by atoms with Gasteiger partial charge in [-0.15, -0.1) is 0 Å². The minimum absolute atomic E-state index is 0.0120. The molecule has 1 aromatic rings. The second-order valence-electron chi connectivity index (χ2n) is 4.39. The Morgan fingerprint density at radius 1 is 1.43 bits per heavy atom. The van der Waals surface area contributed by atoms with Gasteiger partial charge in [0, 0.05) is 18.2 Å². The summed E-state index contributed by atoms with van der Waals surface area (Å²) in [5.41, 5.74) is 0.390. The van der Waals surface area contributed by atoms with Crippen LogP contribution >= 0.6 is 0 Å². The number of hydrogen-bond acceptors (Lipinski definition) is 3. The lowest BCUT2D eigenvalue weighted by atomic mass is 10.2. The molecule has 1 amide bonds. The molecule has 6 heteroatoms. The molecule has 2 N–H and O–H groups in total. The lowest BCUT2D eigenvalue weighted by molar-refractivity contribution is -0.116. The van der Waals surface area contributed by atoms with E-state index in [2.05, 4.69) is 10.1 Å². The van der Waals surface area contributed by atoms with Gasteiger partial charge in [-0.2, -0.15) is 8.78 Å². The van der Waals surface area contributed by atoms with E-state index in [1.54, 1.807) is 18.2 Å². The fourth-order valence-electron chi connectivity index (χ4n) is 1.61. The van der Waals surface area contributed by atoms with Gasteiger partial charge in [-0.25, -0.2) is 0 Å². The Bertz CT molecular complexity index is 478. The largest absolute Gasteiger partial charge is 0.434 e. The quantitative estimate of drug-likeness (QED) is 0.725. The van der Waals surface area contributed by atoms with Gasteiger partial charge in [0.25, 0.3) is 0 Å². The molecule has 4 nitrogen and oxygen atoms in total. The van der Waals surface area contributed by atoms with Crippen molar-refractivity contribution in [2.45, 2.75) is 32.5 Å². The molecule has 1 unspecified atom stereocenters. The molecule has 1 rings (SSSR count).